The van der Waals surface area contributed by atoms with Gasteiger partial charge in [0, 0.05) is 49.4 Å². The lowest BCUT2D eigenvalue weighted by molar-refractivity contribution is 0.360. The Bertz CT molecular complexity index is 1850. The summed E-state index contributed by atoms with van der Waals surface area (Å²) in [4.78, 5) is 15.3. The number of benzene rings is 4. The van der Waals surface area contributed by atoms with Gasteiger partial charge >= 0.3 is 0 Å². The van der Waals surface area contributed by atoms with Crippen LogP contribution in [-0.4, -0.2) is 57.6 Å². The molecule has 0 spiro atoms. The van der Waals surface area contributed by atoms with E-state index in [1.807, 2.05) is 20.8 Å². The number of ether oxygens (including phenoxy) is 6. The van der Waals surface area contributed by atoms with Crippen molar-refractivity contribution in [3.05, 3.63) is 17.1 Å². The minimum absolute atomic E-state index is 0.553. The molecular weight excluding hydrogens is 498 g/mol. The van der Waals surface area contributed by atoms with Crippen molar-refractivity contribution < 1.29 is 28.4 Å². The summed E-state index contributed by atoms with van der Waals surface area (Å²) in [7, 11) is 9.83. The van der Waals surface area contributed by atoms with Crippen molar-refractivity contribution in [2.24, 2.45) is 0 Å². The number of rotatable bonds is 6. The van der Waals surface area contributed by atoms with E-state index >= 15 is 0 Å². The molecule has 39 heavy (non-hydrogen) atoms. The van der Waals surface area contributed by atoms with Crippen LogP contribution in [0.1, 0.15) is 17.1 Å². The van der Waals surface area contributed by atoms with Crippen molar-refractivity contribution in [3.8, 4) is 34.5 Å². The Balaban J connectivity index is 2.04. The molecule has 9 nitrogen and oxygen atoms in total. The highest BCUT2D eigenvalue weighted by molar-refractivity contribution is 6.47. The van der Waals surface area contributed by atoms with Crippen molar-refractivity contribution >= 4 is 65.0 Å². The van der Waals surface area contributed by atoms with Crippen LogP contribution in [0.2, 0.25) is 0 Å². The molecule has 0 N–H and O–H groups in total. The number of pyridine rings is 3. The molecule has 9 heteroatoms. The fourth-order valence-corrected chi connectivity index (χ4v) is 6.73. The van der Waals surface area contributed by atoms with Gasteiger partial charge in [-0.2, -0.15) is 0 Å². The smallest absolute Gasteiger partial charge is 0.187 e. The Hall–Kier alpha value is -4.53. The molecule has 0 amide bonds. The second kappa shape index (κ2) is 7.75. The molecule has 0 unspecified atom stereocenters. The molecule has 198 valence electrons. The molecule has 0 saturated heterocycles. The van der Waals surface area contributed by atoms with Crippen LogP contribution in [0.25, 0.3) is 65.0 Å². The van der Waals surface area contributed by atoms with Crippen LogP contribution in [0.15, 0.2) is 0 Å². The number of aromatic nitrogens is 3. The molecule has 0 fully saturated rings. The van der Waals surface area contributed by atoms with Gasteiger partial charge in [0.25, 0.3) is 0 Å². The summed E-state index contributed by atoms with van der Waals surface area (Å²) in [5, 5.41) is 8.28. The number of hydrogen-bond acceptors (Lipinski definition) is 9. The van der Waals surface area contributed by atoms with Crippen LogP contribution in [0, 0.1) is 20.8 Å². The Morgan fingerprint density at radius 3 is 0.744 bits per heavy atom. The zero-order chi connectivity index (χ0) is 27.5. The topological polar surface area (TPSA) is 94.1 Å². The Kier molecular flexibility index (Phi) is 4.69. The van der Waals surface area contributed by atoms with Crippen molar-refractivity contribution in [2.75, 3.05) is 42.7 Å². The van der Waals surface area contributed by atoms with Gasteiger partial charge in [0.2, 0.25) is 0 Å². The summed E-state index contributed by atoms with van der Waals surface area (Å²) in [6.07, 6.45) is 0. The first kappa shape index (κ1) is 23.6. The van der Waals surface area contributed by atoms with Crippen LogP contribution < -0.4 is 28.4 Å². The lowest BCUT2D eigenvalue weighted by atomic mass is 9.83. The first-order chi connectivity index (χ1) is 18.9. The SMILES string of the molecule is COc1c(OC)c2c(C)nc3c(OC)c(OC)c4c(C)nc5c(OC)c(OC)c6c(C)nc1c1c6c5c4c3c21. The Morgan fingerprint density at radius 2 is 0.538 bits per heavy atom. The van der Waals surface area contributed by atoms with Gasteiger partial charge in [-0.05, 0) is 20.8 Å². The van der Waals surface area contributed by atoms with Crippen molar-refractivity contribution in [1.82, 2.24) is 15.0 Å². The molecule has 0 radical (unpaired) electrons. The zero-order valence-corrected chi connectivity index (χ0v) is 23.3. The van der Waals surface area contributed by atoms with Gasteiger partial charge in [-0.3, -0.25) is 0 Å². The molecule has 0 aliphatic carbocycles. The number of methoxy groups -OCH3 is 6. The summed E-state index contributed by atoms with van der Waals surface area (Å²) in [5.74, 6) is 3.43. The molecular formula is C30H27N3O6. The summed E-state index contributed by atoms with van der Waals surface area (Å²) >= 11 is 0. The standard InChI is InChI=1S/C30H27N3O6/c1-10-13-16-19-17-14(26(35-5)28(37-7)22(19)31-10)11(2)33-24-21(17)18-15(27(36-6)30(24)39-9)12(3)32-23(20(16)18)29(38-8)25(13)34-4/h1-9H3. The van der Waals surface area contributed by atoms with Gasteiger partial charge in [-0.25, -0.2) is 15.0 Å². The second-order valence-corrected chi connectivity index (χ2v) is 9.71. The highest BCUT2D eigenvalue weighted by Crippen LogP contribution is 2.59. The van der Waals surface area contributed by atoms with E-state index < -0.39 is 0 Å². The number of nitrogens with zero attached hydrogens (tertiary/aromatic N) is 3. The van der Waals surface area contributed by atoms with Gasteiger partial charge < -0.3 is 28.4 Å². The van der Waals surface area contributed by atoms with E-state index in [9.17, 15) is 0 Å². The van der Waals surface area contributed by atoms with Crippen molar-refractivity contribution in [3.63, 3.8) is 0 Å². The van der Waals surface area contributed by atoms with E-state index in [1.165, 1.54) is 0 Å². The Morgan fingerprint density at radius 1 is 0.308 bits per heavy atom. The molecule has 3 heterocycles. The van der Waals surface area contributed by atoms with Crippen LogP contribution in [-0.2, 0) is 0 Å². The largest absolute Gasteiger partial charge is 0.492 e. The highest BCUT2D eigenvalue weighted by Gasteiger charge is 2.34. The molecule has 0 aliphatic heterocycles. The second-order valence-electron chi connectivity index (χ2n) is 9.71. The monoisotopic (exact) mass is 525 g/mol. The van der Waals surface area contributed by atoms with Gasteiger partial charge in [0.05, 0.1) is 58.8 Å². The summed E-state index contributed by atoms with van der Waals surface area (Å²) in [6.45, 7) is 5.90. The molecule has 0 saturated carbocycles. The third-order valence-corrected chi connectivity index (χ3v) is 8.05. The summed E-state index contributed by atoms with van der Waals surface area (Å²) in [5.41, 5.74) is 4.40. The fraction of sp³-hybridized carbons (Fsp3) is 0.300. The maximum atomic E-state index is 6.00. The average molecular weight is 526 g/mol. The number of hydrogen-bond donors (Lipinski definition) is 0. The fourth-order valence-electron chi connectivity index (χ4n) is 6.73. The average Bonchev–Trinajstić information content (AvgIpc) is 2.94. The molecule has 0 bridgehead atoms. The molecule has 3 aromatic heterocycles. The lowest BCUT2D eigenvalue weighted by Gasteiger charge is -2.27. The summed E-state index contributed by atoms with van der Waals surface area (Å²) < 4.78 is 35.9. The minimum Gasteiger partial charge on any atom is -0.492 e. The molecule has 0 aliphatic rings. The van der Waals surface area contributed by atoms with Crippen LogP contribution in [0.4, 0.5) is 0 Å². The van der Waals surface area contributed by atoms with E-state index in [2.05, 4.69) is 0 Å². The normalized spacial score (nSPS) is 12.2. The molecule has 7 aromatic rings. The molecule has 7 rings (SSSR count). The van der Waals surface area contributed by atoms with E-state index in [-0.39, 0.29) is 0 Å². The van der Waals surface area contributed by atoms with Crippen LogP contribution >= 0.6 is 0 Å². The molecule has 4 aromatic carbocycles. The van der Waals surface area contributed by atoms with Crippen LogP contribution in [0.5, 0.6) is 34.5 Å². The van der Waals surface area contributed by atoms with E-state index in [0.717, 1.165) is 65.6 Å². The van der Waals surface area contributed by atoms with E-state index in [4.69, 9.17) is 43.4 Å². The third kappa shape index (κ3) is 2.49. The van der Waals surface area contributed by atoms with E-state index in [1.54, 1.807) is 42.7 Å². The van der Waals surface area contributed by atoms with Gasteiger partial charge in [0.15, 0.2) is 34.5 Å². The predicted octanol–water partition coefficient (Wildman–Crippen LogP) is 6.08. The zero-order valence-electron chi connectivity index (χ0n) is 23.3. The Labute approximate surface area is 223 Å². The first-order valence-corrected chi connectivity index (χ1v) is 12.5. The predicted molar refractivity (Wildman–Crippen MR) is 152 cm³/mol. The quantitative estimate of drug-likeness (QED) is 0.189. The highest BCUT2D eigenvalue weighted by atomic mass is 16.5. The summed E-state index contributed by atoms with van der Waals surface area (Å²) in [6, 6.07) is 0. The van der Waals surface area contributed by atoms with Crippen LogP contribution in [0.3, 0.4) is 0 Å². The van der Waals surface area contributed by atoms with Gasteiger partial charge in [-0.15, -0.1) is 0 Å². The minimum atomic E-state index is 0.553. The third-order valence-electron chi connectivity index (χ3n) is 8.05. The van der Waals surface area contributed by atoms with Crippen molar-refractivity contribution in [2.45, 2.75) is 20.8 Å². The lowest BCUT2D eigenvalue weighted by Crippen LogP contribution is -2.07. The first-order valence-electron chi connectivity index (χ1n) is 12.5. The van der Waals surface area contributed by atoms with Gasteiger partial charge in [-0.1, -0.05) is 0 Å². The molecule has 0 atom stereocenters. The van der Waals surface area contributed by atoms with E-state index in [0.29, 0.717) is 51.0 Å². The van der Waals surface area contributed by atoms with Crippen molar-refractivity contribution in [1.29, 1.82) is 0 Å². The maximum Gasteiger partial charge on any atom is 0.187 e. The number of aryl methyl sites for hydroxylation is 3. The maximum absolute atomic E-state index is 6.00. The van der Waals surface area contributed by atoms with Gasteiger partial charge in [0.1, 0.15) is 16.6 Å².